The van der Waals surface area contributed by atoms with Crippen molar-refractivity contribution in [3.05, 3.63) is 28.8 Å². The van der Waals surface area contributed by atoms with Gasteiger partial charge in [-0.3, -0.25) is 0 Å². The molecule has 0 unspecified atom stereocenters. The second-order valence-corrected chi connectivity index (χ2v) is 3.92. The number of halogens is 4. The van der Waals surface area contributed by atoms with Crippen LogP contribution < -0.4 is 5.73 Å². The number of rotatable bonds is 2. The van der Waals surface area contributed by atoms with Gasteiger partial charge in [-0.05, 0) is 42.7 Å². The van der Waals surface area contributed by atoms with E-state index in [-0.39, 0.29) is 18.2 Å². The number of hydrogen-bond donors (Lipinski definition) is 2. The van der Waals surface area contributed by atoms with E-state index in [0.29, 0.717) is 16.7 Å². The van der Waals surface area contributed by atoms with Gasteiger partial charge in [-0.25, -0.2) is 0 Å². The standard InChI is InChI=1S/C11H14F3NO.ClH/c1-6-3-8(16)4-7(2)10(6)9(15)5-11(12,13)14;/h3-4,9,16H,5,15H2,1-2H3;1H/t9-;/m0./s1. The lowest BCUT2D eigenvalue weighted by Crippen LogP contribution is -2.21. The molecule has 0 aliphatic carbocycles. The Morgan fingerprint density at radius 3 is 2.00 bits per heavy atom. The number of aryl methyl sites for hydroxylation is 2. The number of hydrogen-bond acceptors (Lipinski definition) is 2. The summed E-state index contributed by atoms with van der Waals surface area (Å²) >= 11 is 0. The maximum atomic E-state index is 12.2. The van der Waals surface area contributed by atoms with Crippen LogP contribution in [-0.2, 0) is 0 Å². The van der Waals surface area contributed by atoms with Gasteiger partial charge in [0.2, 0.25) is 0 Å². The molecule has 1 aromatic carbocycles. The molecule has 1 aromatic rings. The number of phenolic OH excluding ortho intramolecular Hbond substituents is 1. The Bertz CT molecular complexity index is 370. The molecule has 0 saturated carbocycles. The van der Waals surface area contributed by atoms with Crippen LogP contribution in [0.15, 0.2) is 12.1 Å². The number of alkyl halides is 3. The summed E-state index contributed by atoms with van der Waals surface area (Å²) in [6.07, 6.45) is -5.34. The zero-order valence-corrected chi connectivity index (χ0v) is 10.3. The third-order valence-corrected chi connectivity index (χ3v) is 2.40. The van der Waals surface area contributed by atoms with Crippen molar-refractivity contribution in [1.29, 1.82) is 0 Å². The lowest BCUT2D eigenvalue weighted by atomic mass is 9.94. The molecule has 0 amide bonds. The Kier molecular flexibility index (Phi) is 5.29. The number of nitrogens with two attached hydrogens (primary N) is 1. The van der Waals surface area contributed by atoms with Crippen LogP contribution in [0.3, 0.4) is 0 Å². The first-order valence-corrected chi connectivity index (χ1v) is 4.83. The molecule has 17 heavy (non-hydrogen) atoms. The summed E-state index contributed by atoms with van der Waals surface area (Å²) in [6, 6.07) is 1.75. The Hall–Kier alpha value is -0.940. The van der Waals surface area contributed by atoms with Gasteiger partial charge in [-0.1, -0.05) is 0 Å². The van der Waals surface area contributed by atoms with Crippen LogP contribution >= 0.6 is 12.4 Å². The van der Waals surface area contributed by atoms with Gasteiger partial charge < -0.3 is 10.8 Å². The SMILES string of the molecule is Cc1cc(O)cc(C)c1[C@@H](N)CC(F)(F)F.Cl. The molecule has 0 heterocycles. The van der Waals surface area contributed by atoms with Gasteiger partial charge >= 0.3 is 6.18 Å². The fourth-order valence-electron chi connectivity index (χ4n) is 1.89. The monoisotopic (exact) mass is 269 g/mol. The van der Waals surface area contributed by atoms with Crippen molar-refractivity contribution in [1.82, 2.24) is 0 Å². The van der Waals surface area contributed by atoms with E-state index >= 15 is 0 Å². The summed E-state index contributed by atoms with van der Waals surface area (Å²) in [7, 11) is 0. The molecule has 0 radical (unpaired) electrons. The highest BCUT2D eigenvalue weighted by Gasteiger charge is 2.32. The van der Waals surface area contributed by atoms with Gasteiger partial charge in [0.15, 0.2) is 0 Å². The summed E-state index contributed by atoms with van der Waals surface area (Å²) in [4.78, 5) is 0. The summed E-state index contributed by atoms with van der Waals surface area (Å²) in [6.45, 7) is 3.27. The van der Waals surface area contributed by atoms with Crippen LogP contribution in [0.4, 0.5) is 13.2 Å². The molecule has 0 aliphatic rings. The average Bonchev–Trinajstić information content (AvgIpc) is 1.96. The third kappa shape index (κ3) is 4.44. The molecule has 98 valence electrons. The molecule has 0 aromatic heterocycles. The minimum Gasteiger partial charge on any atom is -0.508 e. The maximum absolute atomic E-state index is 12.2. The van der Waals surface area contributed by atoms with Crippen molar-refractivity contribution in [3.63, 3.8) is 0 Å². The summed E-state index contributed by atoms with van der Waals surface area (Å²) in [5, 5.41) is 9.27. The molecule has 3 N–H and O–H groups in total. The highest BCUT2D eigenvalue weighted by molar-refractivity contribution is 5.85. The Morgan fingerprint density at radius 2 is 1.65 bits per heavy atom. The lowest BCUT2D eigenvalue weighted by Gasteiger charge is -2.19. The molecule has 0 saturated heterocycles. The number of phenols is 1. The van der Waals surface area contributed by atoms with Crippen LogP contribution in [0.5, 0.6) is 5.75 Å². The van der Waals surface area contributed by atoms with Crippen molar-refractivity contribution in [2.24, 2.45) is 5.73 Å². The van der Waals surface area contributed by atoms with Crippen LogP contribution in [0.2, 0.25) is 0 Å². The predicted octanol–water partition coefficient (Wildman–Crippen LogP) is 3.38. The zero-order chi connectivity index (χ0) is 12.5. The maximum Gasteiger partial charge on any atom is 0.390 e. The van der Waals surface area contributed by atoms with E-state index < -0.39 is 18.6 Å². The third-order valence-electron chi connectivity index (χ3n) is 2.40. The molecule has 2 nitrogen and oxygen atoms in total. The van der Waals surface area contributed by atoms with E-state index in [1.54, 1.807) is 13.8 Å². The zero-order valence-electron chi connectivity index (χ0n) is 9.51. The Morgan fingerprint density at radius 1 is 1.24 bits per heavy atom. The summed E-state index contributed by atoms with van der Waals surface area (Å²) < 4.78 is 36.6. The second-order valence-electron chi connectivity index (χ2n) is 3.92. The van der Waals surface area contributed by atoms with Crippen LogP contribution in [0.1, 0.15) is 29.2 Å². The molecule has 1 rings (SSSR count). The molecule has 0 aliphatic heterocycles. The van der Waals surface area contributed by atoms with Gasteiger partial charge in [0, 0.05) is 6.04 Å². The Labute approximate surface area is 104 Å². The fourth-order valence-corrected chi connectivity index (χ4v) is 1.89. The van der Waals surface area contributed by atoms with Crippen molar-refractivity contribution < 1.29 is 18.3 Å². The first-order valence-electron chi connectivity index (χ1n) is 4.83. The van der Waals surface area contributed by atoms with E-state index in [0.717, 1.165) is 0 Å². The Balaban J connectivity index is 0.00000256. The lowest BCUT2D eigenvalue weighted by molar-refractivity contribution is -0.138. The number of benzene rings is 1. The van der Waals surface area contributed by atoms with Gasteiger partial charge in [0.25, 0.3) is 0 Å². The van der Waals surface area contributed by atoms with Crippen molar-refractivity contribution in [2.45, 2.75) is 32.5 Å². The minimum absolute atomic E-state index is 0. The largest absolute Gasteiger partial charge is 0.508 e. The molecule has 0 bridgehead atoms. The highest BCUT2D eigenvalue weighted by atomic mass is 35.5. The molecular weight excluding hydrogens is 255 g/mol. The predicted molar refractivity (Wildman–Crippen MR) is 62.4 cm³/mol. The molecule has 0 spiro atoms. The summed E-state index contributed by atoms with van der Waals surface area (Å²) in [5.74, 6) is 0.0398. The van der Waals surface area contributed by atoms with E-state index in [2.05, 4.69) is 0 Å². The second kappa shape index (κ2) is 5.60. The van der Waals surface area contributed by atoms with Crippen molar-refractivity contribution in [2.75, 3.05) is 0 Å². The van der Waals surface area contributed by atoms with E-state index in [1.807, 2.05) is 0 Å². The van der Waals surface area contributed by atoms with Gasteiger partial charge in [0.1, 0.15) is 5.75 Å². The van der Waals surface area contributed by atoms with Crippen LogP contribution in [0.25, 0.3) is 0 Å². The molecule has 1 atom stereocenters. The highest BCUT2D eigenvalue weighted by Crippen LogP contribution is 2.32. The number of aromatic hydroxyl groups is 1. The quantitative estimate of drug-likeness (QED) is 0.864. The first-order chi connectivity index (χ1) is 7.20. The molecular formula is C11H15ClF3NO. The van der Waals surface area contributed by atoms with E-state index in [1.165, 1.54) is 12.1 Å². The van der Waals surface area contributed by atoms with Gasteiger partial charge in [0.05, 0.1) is 6.42 Å². The minimum atomic E-state index is -4.28. The average molecular weight is 270 g/mol. The van der Waals surface area contributed by atoms with Crippen LogP contribution in [0, 0.1) is 13.8 Å². The molecule has 6 heteroatoms. The summed E-state index contributed by atoms with van der Waals surface area (Å²) in [5.41, 5.74) is 7.14. The topological polar surface area (TPSA) is 46.2 Å². The van der Waals surface area contributed by atoms with E-state index in [9.17, 15) is 18.3 Å². The van der Waals surface area contributed by atoms with Crippen LogP contribution in [-0.4, -0.2) is 11.3 Å². The first kappa shape index (κ1) is 16.1. The van der Waals surface area contributed by atoms with Gasteiger partial charge in [-0.2, -0.15) is 13.2 Å². The smallest absolute Gasteiger partial charge is 0.390 e. The normalized spacial score (nSPS) is 13.1. The van der Waals surface area contributed by atoms with Crippen molar-refractivity contribution in [3.8, 4) is 5.75 Å². The van der Waals surface area contributed by atoms with Crippen molar-refractivity contribution >= 4 is 12.4 Å². The molecule has 0 fully saturated rings. The van der Waals surface area contributed by atoms with E-state index in [4.69, 9.17) is 5.73 Å². The van der Waals surface area contributed by atoms with Gasteiger partial charge in [-0.15, -0.1) is 12.4 Å². The fraction of sp³-hybridized carbons (Fsp3) is 0.455.